The van der Waals surface area contributed by atoms with Gasteiger partial charge in [0.15, 0.2) is 5.60 Å². The van der Waals surface area contributed by atoms with Crippen molar-refractivity contribution in [1.82, 2.24) is 19.8 Å². The third-order valence-electron chi connectivity index (χ3n) is 7.33. The van der Waals surface area contributed by atoms with Gasteiger partial charge in [-0.15, -0.1) is 0 Å². The first kappa shape index (κ1) is 21.2. The molecule has 3 aliphatic heterocycles. The average Bonchev–Trinajstić information content (AvgIpc) is 3.26. The molecule has 1 aliphatic carbocycles. The zero-order valence-electron chi connectivity index (χ0n) is 18.2. The van der Waals surface area contributed by atoms with Crippen LogP contribution in [-0.4, -0.2) is 62.5 Å². The van der Waals surface area contributed by atoms with E-state index in [1.54, 1.807) is 29.8 Å². The first-order chi connectivity index (χ1) is 15.2. The fourth-order valence-corrected chi connectivity index (χ4v) is 5.72. The van der Waals surface area contributed by atoms with E-state index in [0.717, 1.165) is 6.08 Å². The maximum atomic E-state index is 14.1. The molecule has 1 aromatic rings. The lowest BCUT2D eigenvalue weighted by Crippen LogP contribution is -2.54. The van der Waals surface area contributed by atoms with Crippen molar-refractivity contribution in [2.75, 3.05) is 13.1 Å². The lowest BCUT2D eigenvalue weighted by Gasteiger charge is -2.40. The van der Waals surface area contributed by atoms with Crippen molar-refractivity contribution in [2.45, 2.75) is 63.8 Å². The molecule has 3 atom stereocenters. The highest BCUT2D eigenvalue weighted by Crippen LogP contribution is 2.50. The van der Waals surface area contributed by atoms with Crippen LogP contribution in [0.3, 0.4) is 0 Å². The molecular weight excluding hydrogens is 418 g/mol. The maximum Gasteiger partial charge on any atom is 0.274 e. The first-order valence-electron chi connectivity index (χ1n) is 11.0. The molecule has 4 heterocycles. The van der Waals surface area contributed by atoms with Gasteiger partial charge in [-0.2, -0.15) is 0 Å². The molecule has 0 saturated carbocycles. The molecule has 7 nitrogen and oxygen atoms in total. The minimum absolute atomic E-state index is 0.0638. The fourth-order valence-electron chi connectivity index (χ4n) is 5.72. The Kier molecular flexibility index (Phi) is 4.92. The number of carbonyl (C=O) groups is 2. The van der Waals surface area contributed by atoms with Crippen molar-refractivity contribution >= 4 is 11.8 Å². The van der Waals surface area contributed by atoms with E-state index in [1.807, 2.05) is 0 Å². The van der Waals surface area contributed by atoms with Gasteiger partial charge in [0.25, 0.3) is 11.8 Å². The Morgan fingerprint density at radius 2 is 1.91 bits per heavy atom. The molecule has 170 valence electrons. The molecule has 2 amide bonds. The number of rotatable bonds is 2. The summed E-state index contributed by atoms with van der Waals surface area (Å²) in [5.41, 5.74) is -0.921. The summed E-state index contributed by atoms with van der Waals surface area (Å²) in [6, 6.07) is -0.327. The summed E-state index contributed by atoms with van der Waals surface area (Å²) < 4.78 is 34.4. The Morgan fingerprint density at radius 3 is 2.59 bits per heavy atom. The standard InChI is InChI=1S/C23H26F2N4O3/c1-14-19(27-8-7-26-14)20(30)28-9-5-23(6-10-28)21(31)29-17(3-4-18(29)32-23)22(2)12-15(24)11-16(25)13-22/h7-8,11-12,17-18H,3-6,9-10,13H2,1-2H3/t17-,18+,22?/m0/s1. The molecule has 5 rings (SSSR count). The largest absolute Gasteiger partial charge is 0.342 e. The summed E-state index contributed by atoms with van der Waals surface area (Å²) in [6.07, 6.45) is 7.08. The minimum atomic E-state index is -0.987. The van der Waals surface area contributed by atoms with Gasteiger partial charge in [-0.3, -0.25) is 14.6 Å². The minimum Gasteiger partial charge on any atom is -0.342 e. The van der Waals surface area contributed by atoms with Crippen molar-refractivity contribution < 1.29 is 23.1 Å². The van der Waals surface area contributed by atoms with Crippen LogP contribution >= 0.6 is 0 Å². The summed E-state index contributed by atoms with van der Waals surface area (Å²) in [7, 11) is 0. The van der Waals surface area contributed by atoms with E-state index in [9.17, 15) is 18.4 Å². The van der Waals surface area contributed by atoms with Gasteiger partial charge in [-0.05, 0) is 25.8 Å². The van der Waals surface area contributed by atoms with Crippen LogP contribution in [0, 0.1) is 12.3 Å². The lowest BCUT2D eigenvalue weighted by atomic mass is 9.74. The fraction of sp³-hybridized carbons (Fsp3) is 0.565. The number of amides is 2. The number of allylic oxidation sites excluding steroid dienone is 3. The zero-order valence-corrected chi connectivity index (χ0v) is 18.2. The van der Waals surface area contributed by atoms with E-state index < -0.39 is 22.7 Å². The van der Waals surface area contributed by atoms with Gasteiger partial charge in [0.1, 0.15) is 23.6 Å². The highest BCUT2D eigenvalue weighted by Gasteiger charge is 2.60. The summed E-state index contributed by atoms with van der Waals surface area (Å²) >= 11 is 0. The van der Waals surface area contributed by atoms with Crippen molar-refractivity contribution in [3.63, 3.8) is 0 Å². The van der Waals surface area contributed by atoms with Crippen LogP contribution in [0.25, 0.3) is 0 Å². The molecule has 0 N–H and O–H groups in total. The van der Waals surface area contributed by atoms with Crippen molar-refractivity contribution in [3.05, 3.63) is 47.6 Å². The van der Waals surface area contributed by atoms with Gasteiger partial charge in [-0.1, -0.05) is 6.92 Å². The normalized spacial score (nSPS) is 31.6. The molecule has 4 aliphatic rings. The summed E-state index contributed by atoms with van der Waals surface area (Å²) in [5.74, 6) is -1.44. The molecule has 32 heavy (non-hydrogen) atoms. The second kappa shape index (κ2) is 7.43. The predicted octanol–water partition coefficient (Wildman–Crippen LogP) is 3.22. The molecule has 0 aromatic carbocycles. The summed E-state index contributed by atoms with van der Waals surface area (Å²) in [4.78, 5) is 38.1. The van der Waals surface area contributed by atoms with Crippen LogP contribution in [0.4, 0.5) is 8.78 Å². The Morgan fingerprint density at radius 1 is 1.19 bits per heavy atom. The number of hydrogen-bond acceptors (Lipinski definition) is 5. The number of ether oxygens (including phenoxy) is 1. The van der Waals surface area contributed by atoms with Gasteiger partial charge in [0.05, 0.1) is 5.69 Å². The van der Waals surface area contributed by atoms with Gasteiger partial charge in [0.2, 0.25) is 0 Å². The molecule has 1 aromatic heterocycles. The molecule has 3 saturated heterocycles. The Balaban J connectivity index is 1.32. The number of hydrogen-bond donors (Lipinski definition) is 0. The van der Waals surface area contributed by atoms with Crippen molar-refractivity contribution in [3.8, 4) is 0 Å². The van der Waals surface area contributed by atoms with E-state index in [-0.39, 0.29) is 30.5 Å². The molecule has 9 heteroatoms. The summed E-state index contributed by atoms with van der Waals surface area (Å²) in [6.45, 7) is 4.28. The number of carbonyl (C=O) groups excluding carboxylic acids is 2. The topological polar surface area (TPSA) is 75.6 Å². The third-order valence-corrected chi connectivity index (χ3v) is 7.33. The number of piperidine rings is 1. The number of halogens is 2. The SMILES string of the molecule is Cc1nccnc1C(=O)N1CCC2(CC1)O[C@@H]1CC[C@@H](C3(C)C=C(F)C=C(F)C3)N1C2=O. The predicted molar refractivity (Wildman–Crippen MR) is 110 cm³/mol. The smallest absolute Gasteiger partial charge is 0.274 e. The van der Waals surface area contributed by atoms with Crippen LogP contribution in [0.15, 0.2) is 36.2 Å². The Hall–Kier alpha value is -2.68. The maximum absolute atomic E-state index is 14.1. The van der Waals surface area contributed by atoms with E-state index in [1.165, 1.54) is 12.3 Å². The number of likely N-dealkylation sites (tertiary alicyclic amines) is 1. The van der Waals surface area contributed by atoms with Gasteiger partial charge in [-0.25, -0.2) is 13.8 Å². The van der Waals surface area contributed by atoms with Crippen LogP contribution in [0.2, 0.25) is 0 Å². The third kappa shape index (κ3) is 3.25. The number of aryl methyl sites for hydroxylation is 1. The average molecular weight is 444 g/mol. The molecule has 0 bridgehead atoms. The molecule has 3 fully saturated rings. The molecule has 1 unspecified atom stereocenters. The zero-order chi connectivity index (χ0) is 22.7. The Labute approximate surface area is 185 Å². The summed E-state index contributed by atoms with van der Waals surface area (Å²) in [5, 5.41) is 0. The van der Waals surface area contributed by atoms with Crippen molar-refractivity contribution in [2.24, 2.45) is 5.41 Å². The van der Waals surface area contributed by atoms with Gasteiger partial charge < -0.3 is 14.5 Å². The number of nitrogens with zero attached hydrogens (tertiary/aromatic N) is 4. The van der Waals surface area contributed by atoms with Crippen molar-refractivity contribution in [1.29, 1.82) is 0 Å². The van der Waals surface area contributed by atoms with Crippen LogP contribution in [0.1, 0.15) is 55.2 Å². The monoisotopic (exact) mass is 444 g/mol. The van der Waals surface area contributed by atoms with Crippen LogP contribution in [0.5, 0.6) is 0 Å². The molecule has 0 radical (unpaired) electrons. The highest BCUT2D eigenvalue weighted by atomic mass is 19.1. The number of aromatic nitrogens is 2. The van der Waals surface area contributed by atoms with E-state index in [2.05, 4.69) is 9.97 Å². The second-order valence-electron chi connectivity index (χ2n) is 9.46. The molecule has 1 spiro atoms. The van der Waals surface area contributed by atoms with Gasteiger partial charge >= 0.3 is 0 Å². The van der Waals surface area contributed by atoms with E-state index >= 15 is 0 Å². The first-order valence-corrected chi connectivity index (χ1v) is 11.0. The van der Waals surface area contributed by atoms with Crippen LogP contribution in [-0.2, 0) is 9.53 Å². The highest BCUT2D eigenvalue weighted by molar-refractivity contribution is 5.94. The quantitative estimate of drug-likeness (QED) is 0.700. The molecular formula is C23H26F2N4O3. The van der Waals surface area contributed by atoms with Gasteiger partial charge in [0, 0.05) is 62.3 Å². The van der Waals surface area contributed by atoms with E-state index in [4.69, 9.17) is 4.74 Å². The second-order valence-corrected chi connectivity index (χ2v) is 9.46. The lowest BCUT2D eigenvalue weighted by molar-refractivity contribution is -0.143. The van der Waals surface area contributed by atoms with Crippen LogP contribution < -0.4 is 0 Å². The van der Waals surface area contributed by atoms with E-state index in [0.29, 0.717) is 50.2 Å². The Bertz CT molecular complexity index is 1030. The number of fused-ring (bicyclic) bond motifs is 1.